The van der Waals surface area contributed by atoms with Crippen molar-refractivity contribution in [1.82, 2.24) is 0 Å². The molecule has 0 spiro atoms. The minimum Gasteiger partial charge on any atom is -0.490 e. The van der Waals surface area contributed by atoms with Gasteiger partial charge in [-0.25, -0.2) is 0 Å². The number of thioether (sulfide) groups is 1. The zero-order chi connectivity index (χ0) is 22.4. The number of fused-ring (bicyclic) bond motifs is 1. The van der Waals surface area contributed by atoms with Crippen LogP contribution in [0, 0.1) is 11.3 Å². The molecule has 0 unspecified atom stereocenters. The lowest BCUT2D eigenvalue weighted by atomic mass is 9.92. The number of hydrogen-bond donors (Lipinski definition) is 1. The molecule has 1 aliphatic rings. The quantitative estimate of drug-likeness (QED) is 0.543. The normalized spacial score (nSPS) is 15.3. The highest BCUT2D eigenvalue weighted by atomic mass is 32.2. The predicted octanol–water partition coefficient (Wildman–Crippen LogP) is 5.61. The van der Waals surface area contributed by atoms with E-state index in [9.17, 15) is 9.59 Å². The van der Waals surface area contributed by atoms with Crippen molar-refractivity contribution in [2.45, 2.75) is 45.4 Å². The van der Waals surface area contributed by atoms with Gasteiger partial charge in [0.1, 0.15) is 12.4 Å². The number of ether oxygens (including phenoxy) is 1. The van der Waals surface area contributed by atoms with Gasteiger partial charge in [-0.05, 0) is 56.5 Å². The van der Waals surface area contributed by atoms with Gasteiger partial charge in [-0.1, -0.05) is 32.0 Å². The summed E-state index contributed by atoms with van der Waals surface area (Å²) < 4.78 is 5.97. The molecule has 2 aromatic carbocycles. The summed E-state index contributed by atoms with van der Waals surface area (Å²) in [6.45, 7) is 9.08. The van der Waals surface area contributed by atoms with Crippen molar-refractivity contribution >= 4 is 35.0 Å². The van der Waals surface area contributed by atoms with Crippen molar-refractivity contribution in [2.75, 3.05) is 29.1 Å². The van der Waals surface area contributed by atoms with E-state index in [1.165, 1.54) is 0 Å². The van der Waals surface area contributed by atoms with Crippen LogP contribution < -0.4 is 15.0 Å². The molecular weight excluding hydrogens is 408 g/mol. The van der Waals surface area contributed by atoms with Crippen LogP contribution in [0.15, 0.2) is 53.4 Å². The van der Waals surface area contributed by atoms with Crippen LogP contribution in [0.1, 0.15) is 40.5 Å². The van der Waals surface area contributed by atoms with E-state index < -0.39 is 5.41 Å². The zero-order valence-corrected chi connectivity index (χ0v) is 19.6. The number of carbonyl (C=O) groups is 2. The molecule has 2 amide bonds. The van der Waals surface area contributed by atoms with Crippen LogP contribution in [0.2, 0.25) is 0 Å². The summed E-state index contributed by atoms with van der Waals surface area (Å²) in [6, 6.07) is 15.6. The Kier molecular flexibility index (Phi) is 7.65. The first-order valence-corrected chi connectivity index (χ1v) is 11.8. The molecule has 0 aromatic heterocycles. The summed E-state index contributed by atoms with van der Waals surface area (Å²) in [5.41, 5.74) is 0.806. The average Bonchev–Trinajstić information content (AvgIpc) is 2.82. The van der Waals surface area contributed by atoms with E-state index in [1.807, 2.05) is 67.3 Å². The molecule has 0 radical (unpaired) electrons. The Hall–Kier alpha value is -2.47. The number of hydrogen-bond acceptors (Lipinski definition) is 4. The molecule has 0 saturated heterocycles. The van der Waals surface area contributed by atoms with Crippen LogP contribution in [0.4, 0.5) is 11.4 Å². The van der Waals surface area contributed by atoms with Crippen molar-refractivity contribution in [3.05, 3.63) is 48.5 Å². The second kappa shape index (κ2) is 10.2. The molecule has 0 saturated carbocycles. The number of benzene rings is 2. The third-order valence-electron chi connectivity index (χ3n) is 5.22. The summed E-state index contributed by atoms with van der Waals surface area (Å²) in [7, 11) is 0. The van der Waals surface area contributed by atoms with Crippen molar-refractivity contribution in [2.24, 2.45) is 11.3 Å². The van der Waals surface area contributed by atoms with Gasteiger partial charge in [-0.2, -0.15) is 0 Å². The van der Waals surface area contributed by atoms with Crippen LogP contribution in [-0.2, 0) is 9.59 Å². The van der Waals surface area contributed by atoms with Gasteiger partial charge in [0.15, 0.2) is 0 Å². The van der Waals surface area contributed by atoms with Gasteiger partial charge in [0, 0.05) is 29.3 Å². The number of rotatable bonds is 8. The van der Waals surface area contributed by atoms with E-state index >= 15 is 0 Å². The summed E-state index contributed by atoms with van der Waals surface area (Å²) in [6.07, 6.45) is 1.31. The fraction of sp³-hybridized carbons (Fsp3) is 0.440. The first-order valence-electron chi connectivity index (χ1n) is 10.8. The molecule has 166 valence electrons. The van der Waals surface area contributed by atoms with Crippen LogP contribution in [0.3, 0.4) is 0 Å². The second-order valence-corrected chi connectivity index (χ2v) is 10.1. The van der Waals surface area contributed by atoms with Crippen LogP contribution >= 0.6 is 11.8 Å². The number of nitrogens with zero attached hydrogens (tertiary/aromatic N) is 1. The topological polar surface area (TPSA) is 58.6 Å². The average molecular weight is 441 g/mol. The third-order valence-corrected chi connectivity index (χ3v) is 6.23. The maximum absolute atomic E-state index is 13.2. The lowest BCUT2D eigenvalue weighted by Crippen LogP contribution is -2.42. The number of amides is 2. The monoisotopic (exact) mass is 440 g/mol. The molecule has 3 rings (SSSR count). The lowest BCUT2D eigenvalue weighted by Gasteiger charge is -2.28. The lowest BCUT2D eigenvalue weighted by molar-refractivity contribution is -0.127. The Morgan fingerprint density at radius 3 is 2.65 bits per heavy atom. The van der Waals surface area contributed by atoms with Crippen molar-refractivity contribution in [1.29, 1.82) is 0 Å². The van der Waals surface area contributed by atoms with E-state index in [0.717, 1.165) is 17.0 Å². The highest BCUT2D eigenvalue weighted by Crippen LogP contribution is 2.38. The van der Waals surface area contributed by atoms with Gasteiger partial charge < -0.3 is 15.0 Å². The molecule has 0 bridgehead atoms. The van der Waals surface area contributed by atoms with Gasteiger partial charge in [0.2, 0.25) is 11.8 Å². The standard InChI is InChI=1S/C25H32N2O3S/c1-18(2)12-14-27-21-16-19(10-11-22(21)30-17-25(3,4)24(27)29)26-23(28)13-15-31-20-8-6-5-7-9-20/h5-11,16,18H,12-15,17H2,1-4H3,(H,26,28). The van der Waals surface area contributed by atoms with E-state index in [2.05, 4.69) is 19.2 Å². The number of carbonyl (C=O) groups excluding carboxylic acids is 2. The van der Waals surface area contributed by atoms with E-state index in [1.54, 1.807) is 11.8 Å². The molecule has 6 heteroatoms. The zero-order valence-electron chi connectivity index (χ0n) is 18.8. The van der Waals surface area contributed by atoms with E-state index in [4.69, 9.17) is 4.74 Å². The Morgan fingerprint density at radius 2 is 1.94 bits per heavy atom. The molecule has 0 atom stereocenters. The van der Waals surface area contributed by atoms with Gasteiger partial charge in [0.25, 0.3) is 0 Å². The van der Waals surface area contributed by atoms with Crippen molar-refractivity contribution in [3.63, 3.8) is 0 Å². The molecule has 2 aromatic rings. The van der Waals surface area contributed by atoms with E-state index in [-0.39, 0.29) is 11.8 Å². The molecule has 5 nitrogen and oxygen atoms in total. The van der Waals surface area contributed by atoms with Gasteiger partial charge in [-0.3, -0.25) is 9.59 Å². The minimum atomic E-state index is -0.603. The Morgan fingerprint density at radius 1 is 1.19 bits per heavy atom. The first-order chi connectivity index (χ1) is 14.8. The summed E-state index contributed by atoms with van der Waals surface area (Å²) in [5.74, 6) is 1.87. The molecule has 1 aliphatic heterocycles. The smallest absolute Gasteiger partial charge is 0.236 e. The molecular formula is C25H32N2O3S. The van der Waals surface area contributed by atoms with Crippen molar-refractivity contribution in [3.8, 4) is 5.75 Å². The summed E-state index contributed by atoms with van der Waals surface area (Å²) in [5, 5.41) is 2.97. The van der Waals surface area contributed by atoms with Gasteiger partial charge in [-0.15, -0.1) is 11.8 Å². The molecule has 1 heterocycles. The summed E-state index contributed by atoms with van der Waals surface area (Å²) in [4.78, 5) is 28.6. The second-order valence-electron chi connectivity index (χ2n) is 8.95. The number of anilines is 2. The highest BCUT2D eigenvalue weighted by Gasteiger charge is 2.37. The SMILES string of the molecule is CC(C)CCN1C(=O)C(C)(C)COc2ccc(NC(=O)CCSc3ccccc3)cc21. The number of nitrogens with one attached hydrogen (secondary N) is 1. The largest absolute Gasteiger partial charge is 0.490 e. The fourth-order valence-electron chi connectivity index (χ4n) is 3.33. The first kappa shape index (κ1) is 23.2. The van der Waals surface area contributed by atoms with Crippen LogP contribution in [0.5, 0.6) is 5.75 Å². The van der Waals surface area contributed by atoms with Gasteiger partial charge >= 0.3 is 0 Å². The maximum Gasteiger partial charge on any atom is 0.236 e. The van der Waals surface area contributed by atoms with Gasteiger partial charge in [0.05, 0.1) is 11.1 Å². The Labute approximate surface area is 189 Å². The van der Waals surface area contributed by atoms with Crippen LogP contribution in [-0.4, -0.2) is 30.7 Å². The predicted molar refractivity (Wildman–Crippen MR) is 128 cm³/mol. The summed E-state index contributed by atoms with van der Waals surface area (Å²) >= 11 is 1.66. The minimum absolute atomic E-state index is 0.0432. The van der Waals surface area contributed by atoms with Crippen molar-refractivity contribution < 1.29 is 14.3 Å². The molecule has 1 N–H and O–H groups in total. The highest BCUT2D eigenvalue weighted by molar-refractivity contribution is 7.99. The molecule has 0 fully saturated rings. The van der Waals surface area contributed by atoms with E-state index in [0.29, 0.717) is 42.7 Å². The molecule has 0 aliphatic carbocycles. The molecule has 31 heavy (non-hydrogen) atoms. The Balaban J connectivity index is 1.70. The van der Waals surface area contributed by atoms with Crippen LogP contribution in [0.25, 0.3) is 0 Å². The Bertz CT molecular complexity index is 912. The third kappa shape index (κ3) is 6.26. The fourth-order valence-corrected chi connectivity index (χ4v) is 4.21. The maximum atomic E-state index is 13.2.